The predicted octanol–water partition coefficient (Wildman–Crippen LogP) is 2.78. The third kappa shape index (κ3) is 1.71. The maximum absolute atomic E-state index is 11.3. The second-order valence-electron chi connectivity index (χ2n) is 5.39. The molecule has 0 fully saturated rings. The van der Waals surface area contributed by atoms with Crippen LogP contribution in [0.1, 0.15) is 25.2 Å². The van der Waals surface area contributed by atoms with Gasteiger partial charge < -0.3 is 19.0 Å². The van der Waals surface area contributed by atoms with Gasteiger partial charge in [-0.2, -0.15) is 0 Å². The van der Waals surface area contributed by atoms with Gasteiger partial charge in [0.15, 0.2) is 11.5 Å². The molecular formula is C15H14O5. The molecule has 2 aromatic heterocycles. The molecular weight excluding hydrogens is 260 g/mol. The SMILES string of the molecule is Cc1c2oc(=O)ccc2cc2c(O)c(C(C)(C)O)oc12. The van der Waals surface area contributed by atoms with E-state index in [0.29, 0.717) is 27.5 Å². The van der Waals surface area contributed by atoms with Crippen molar-refractivity contribution in [1.82, 2.24) is 0 Å². The van der Waals surface area contributed by atoms with Crippen LogP contribution in [0.3, 0.4) is 0 Å². The Morgan fingerprint density at radius 1 is 1.15 bits per heavy atom. The van der Waals surface area contributed by atoms with E-state index in [1.54, 1.807) is 19.1 Å². The number of aromatic hydroxyl groups is 1. The zero-order chi connectivity index (χ0) is 14.7. The summed E-state index contributed by atoms with van der Waals surface area (Å²) in [5, 5.41) is 21.4. The molecule has 0 bridgehead atoms. The minimum absolute atomic E-state index is 0.0910. The number of rotatable bonds is 1. The van der Waals surface area contributed by atoms with E-state index >= 15 is 0 Å². The lowest BCUT2D eigenvalue weighted by molar-refractivity contribution is 0.0526. The first kappa shape index (κ1) is 12.7. The number of hydrogen-bond donors (Lipinski definition) is 2. The van der Waals surface area contributed by atoms with Crippen LogP contribution in [0.15, 0.2) is 31.8 Å². The van der Waals surface area contributed by atoms with E-state index in [-0.39, 0.29) is 11.5 Å². The highest BCUT2D eigenvalue weighted by molar-refractivity contribution is 6.00. The summed E-state index contributed by atoms with van der Waals surface area (Å²) in [5.41, 5.74) is -0.315. The Balaban J connectivity index is 2.50. The van der Waals surface area contributed by atoms with Gasteiger partial charge in [0.25, 0.3) is 0 Å². The van der Waals surface area contributed by atoms with Crippen LogP contribution in [-0.2, 0) is 5.60 Å². The van der Waals surface area contributed by atoms with E-state index in [4.69, 9.17) is 8.83 Å². The lowest BCUT2D eigenvalue weighted by atomic mass is 10.0. The van der Waals surface area contributed by atoms with Gasteiger partial charge in [0, 0.05) is 17.0 Å². The Bertz CT molecular complexity index is 877. The van der Waals surface area contributed by atoms with Crippen LogP contribution in [0.25, 0.3) is 21.9 Å². The van der Waals surface area contributed by atoms with Crippen molar-refractivity contribution in [3.63, 3.8) is 0 Å². The molecule has 3 aromatic rings. The normalized spacial score (nSPS) is 12.4. The minimum atomic E-state index is -1.30. The summed E-state index contributed by atoms with van der Waals surface area (Å²) in [7, 11) is 0. The summed E-state index contributed by atoms with van der Waals surface area (Å²) >= 11 is 0. The first-order chi connectivity index (χ1) is 9.29. The minimum Gasteiger partial charge on any atom is -0.504 e. The van der Waals surface area contributed by atoms with Gasteiger partial charge in [0.2, 0.25) is 0 Å². The number of aliphatic hydroxyl groups is 1. The molecule has 0 aliphatic carbocycles. The molecule has 0 unspecified atom stereocenters. The summed E-state index contributed by atoms with van der Waals surface area (Å²) in [6.45, 7) is 4.80. The lowest BCUT2D eigenvalue weighted by Crippen LogP contribution is -2.14. The molecule has 20 heavy (non-hydrogen) atoms. The van der Waals surface area contributed by atoms with E-state index in [1.807, 2.05) is 0 Å². The molecule has 5 nitrogen and oxygen atoms in total. The van der Waals surface area contributed by atoms with Crippen molar-refractivity contribution >= 4 is 21.9 Å². The molecule has 2 heterocycles. The summed E-state index contributed by atoms with van der Waals surface area (Å²) in [6, 6.07) is 4.63. The van der Waals surface area contributed by atoms with E-state index < -0.39 is 11.2 Å². The van der Waals surface area contributed by atoms with Crippen LogP contribution in [0, 0.1) is 6.92 Å². The molecule has 0 aliphatic heterocycles. The van der Waals surface area contributed by atoms with Crippen molar-refractivity contribution in [2.24, 2.45) is 0 Å². The molecule has 0 amide bonds. The average molecular weight is 274 g/mol. The van der Waals surface area contributed by atoms with Crippen molar-refractivity contribution in [3.05, 3.63) is 39.9 Å². The highest BCUT2D eigenvalue weighted by Gasteiger charge is 2.28. The maximum Gasteiger partial charge on any atom is 0.336 e. The molecule has 0 atom stereocenters. The zero-order valence-corrected chi connectivity index (χ0v) is 11.4. The molecule has 0 radical (unpaired) electrons. The molecule has 104 valence electrons. The van der Waals surface area contributed by atoms with Gasteiger partial charge in [-0.3, -0.25) is 0 Å². The van der Waals surface area contributed by atoms with Crippen molar-refractivity contribution in [3.8, 4) is 5.75 Å². The third-order valence-corrected chi connectivity index (χ3v) is 3.32. The quantitative estimate of drug-likeness (QED) is 0.666. The Hall–Kier alpha value is -2.27. The number of hydrogen-bond acceptors (Lipinski definition) is 5. The van der Waals surface area contributed by atoms with E-state index in [9.17, 15) is 15.0 Å². The highest BCUT2D eigenvalue weighted by atomic mass is 16.4. The fraction of sp³-hybridized carbons (Fsp3) is 0.267. The van der Waals surface area contributed by atoms with Crippen LogP contribution in [0.2, 0.25) is 0 Å². The van der Waals surface area contributed by atoms with Crippen LogP contribution in [-0.4, -0.2) is 10.2 Å². The zero-order valence-electron chi connectivity index (χ0n) is 11.4. The molecule has 0 aliphatic rings. The maximum atomic E-state index is 11.3. The molecule has 0 spiro atoms. The Kier molecular flexibility index (Phi) is 2.46. The van der Waals surface area contributed by atoms with Crippen molar-refractivity contribution in [2.45, 2.75) is 26.4 Å². The van der Waals surface area contributed by atoms with Crippen molar-refractivity contribution in [2.75, 3.05) is 0 Å². The first-order valence-electron chi connectivity index (χ1n) is 6.21. The summed E-state index contributed by atoms with van der Waals surface area (Å²) in [6.07, 6.45) is 0. The number of aryl methyl sites for hydroxylation is 1. The summed E-state index contributed by atoms with van der Waals surface area (Å²) in [4.78, 5) is 11.3. The van der Waals surface area contributed by atoms with Crippen molar-refractivity contribution < 1.29 is 19.0 Å². The van der Waals surface area contributed by atoms with Gasteiger partial charge in [-0.25, -0.2) is 4.79 Å². The van der Waals surface area contributed by atoms with E-state index in [1.165, 1.54) is 19.9 Å². The number of benzene rings is 1. The summed E-state index contributed by atoms with van der Waals surface area (Å²) < 4.78 is 10.8. The van der Waals surface area contributed by atoms with Gasteiger partial charge in [-0.05, 0) is 32.9 Å². The van der Waals surface area contributed by atoms with Crippen LogP contribution in [0.4, 0.5) is 0 Å². The van der Waals surface area contributed by atoms with Gasteiger partial charge in [0.05, 0.1) is 5.39 Å². The lowest BCUT2D eigenvalue weighted by Gasteiger charge is -2.13. The van der Waals surface area contributed by atoms with E-state index in [2.05, 4.69) is 0 Å². The molecule has 0 saturated carbocycles. The van der Waals surface area contributed by atoms with Crippen LogP contribution in [0.5, 0.6) is 5.75 Å². The topological polar surface area (TPSA) is 83.8 Å². The average Bonchev–Trinajstić information content (AvgIpc) is 2.69. The molecule has 0 saturated heterocycles. The van der Waals surface area contributed by atoms with Gasteiger partial charge in [0.1, 0.15) is 16.8 Å². The Labute approximate surface area is 114 Å². The molecule has 3 rings (SSSR count). The van der Waals surface area contributed by atoms with E-state index in [0.717, 1.165) is 0 Å². The Morgan fingerprint density at radius 2 is 1.85 bits per heavy atom. The fourth-order valence-corrected chi connectivity index (χ4v) is 2.35. The molecule has 1 aromatic carbocycles. The molecule has 2 N–H and O–H groups in total. The fourth-order valence-electron chi connectivity index (χ4n) is 2.35. The third-order valence-electron chi connectivity index (χ3n) is 3.32. The first-order valence-corrected chi connectivity index (χ1v) is 6.21. The van der Waals surface area contributed by atoms with Gasteiger partial charge in [-0.1, -0.05) is 0 Å². The number of furan rings is 1. The largest absolute Gasteiger partial charge is 0.504 e. The van der Waals surface area contributed by atoms with Gasteiger partial charge >= 0.3 is 5.63 Å². The second-order valence-corrected chi connectivity index (χ2v) is 5.39. The standard InChI is InChI=1S/C15H14O5/c1-7-12-8(4-5-10(16)19-12)6-9-11(17)14(15(2,3)18)20-13(7)9/h4-6,17-18H,1-3H3. The Morgan fingerprint density at radius 3 is 2.50 bits per heavy atom. The van der Waals surface area contributed by atoms with Gasteiger partial charge in [-0.15, -0.1) is 0 Å². The highest BCUT2D eigenvalue weighted by Crippen LogP contribution is 2.41. The molecule has 5 heteroatoms. The number of fused-ring (bicyclic) bond motifs is 2. The smallest absolute Gasteiger partial charge is 0.336 e. The second kappa shape index (κ2) is 3.86. The predicted molar refractivity (Wildman–Crippen MR) is 73.9 cm³/mol. The van der Waals surface area contributed by atoms with Crippen LogP contribution < -0.4 is 5.63 Å². The monoisotopic (exact) mass is 274 g/mol. The summed E-state index contributed by atoms with van der Waals surface area (Å²) in [5.74, 6) is -0.00282. The van der Waals surface area contributed by atoms with Crippen LogP contribution >= 0.6 is 0 Å². The van der Waals surface area contributed by atoms with Crippen molar-refractivity contribution in [1.29, 1.82) is 0 Å².